The molecule has 1 rings (SSSR count). The molecular formula is C30H56O6. The molecule has 3 unspecified atom stereocenters. The lowest BCUT2D eigenvalue weighted by Crippen LogP contribution is -2.32. The van der Waals surface area contributed by atoms with Gasteiger partial charge < -0.3 is 18.9 Å². The van der Waals surface area contributed by atoms with Gasteiger partial charge in [-0.3, -0.25) is 0 Å². The summed E-state index contributed by atoms with van der Waals surface area (Å²) in [5.74, 6) is 1.21. The highest BCUT2D eigenvalue weighted by Gasteiger charge is 2.28. The van der Waals surface area contributed by atoms with Gasteiger partial charge in [-0.15, -0.1) is 0 Å². The van der Waals surface area contributed by atoms with Gasteiger partial charge in [0.05, 0.1) is 13.2 Å². The number of rotatable bonds is 20. The fourth-order valence-electron chi connectivity index (χ4n) is 4.94. The maximum Gasteiger partial charge on any atom is 0.508 e. The van der Waals surface area contributed by atoms with Crippen LogP contribution in [-0.4, -0.2) is 37.7 Å². The summed E-state index contributed by atoms with van der Waals surface area (Å²) >= 11 is 0. The molecule has 1 fully saturated rings. The summed E-state index contributed by atoms with van der Waals surface area (Å²) < 4.78 is 21.7. The van der Waals surface area contributed by atoms with Crippen LogP contribution in [0.3, 0.4) is 0 Å². The number of hydrogen-bond acceptors (Lipinski definition) is 6. The average molecular weight is 513 g/mol. The molecule has 6 nitrogen and oxygen atoms in total. The van der Waals surface area contributed by atoms with Crippen LogP contribution in [0.25, 0.3) is 0 Å². The minimum Gasteiger partial charge on any atom is -0.434 e. The second kappa shape index (κ2) is 21.6. The fourth-order valence-corrected chi connectivity index (χ4v) is 4.94. The number of hydrogen-bond donors (Lipinski definition) is 0. The highest BCUT2D eigenvalue weighted by atomic mass is 16.7. The molecule has 0 radical (unpaired) electrons. The summed E-state index contributed by atoms with van der Waals surface area (Å²) in [5.41, 5.74) is 0. The van der Waals surface area contributed by atoms with Crippen molar-refractivity contribution in [3.05, 3.63) is 0 Å². The van der Waals surface area contributed by atoms with E-state index in [0.717, 1.165) is 57.3 Å². The van der Waals surface area contributed by atoms with E-state index in [4.69, 9.17) is 18.9 Å². The third kappa shape index (κ3) is 17.9. The molecule has 0 bridgehead atoms. The Bertz CT molecular complexity index is 550. The van der Waals surface area contributed by atoms with Crippen molar-refractivity contribution in [2.75, 3.05) is 13.2 Å². The second-order valence-corrected chi connectivity index (χ2v) is 11.1. The Hall–Kier alpha value is -1.46. The van der Waals surface area contributed by atoms with Crippen molar-refractivity contribution in [2.45, 2.75) is 155 Å². The normalized spacial score (nSPS) is 18.6. The molecule has 0 spiro atoms. The number of unbranched alkanes of at least 4 members (excludes halogenated alkanes) is 8. The summed E-state index contributed by atoms with van der Waals surface area (Å²) in [5, 5.41) is 0. The smallest absolute Gasteiger partial charge is 0.434 e. The molecule has 1 saturated carbocycles. The summed E-state index contributed by atoms with van der Waals surface area (Å²) in [7, 11) is 0. The maximum absolute atomic E-state index is 12.2. The number of carbonyl (C=O) groups is 2. The number of carbonyl (C=O) groups excluding carboxylic acids is 2. The summed E-state index contributed by atoms with van der Waals surface area (Å²) in [6, 6.07) is 0. The molecule has 0 aromatic rings. The van der Waals surface area contributed by atoms with Crippen LogP contribution >= 0.6 is 0 Å². The minimum atomic E-state index is -0.605. The van der Waals surface area contributed by atoms with Crippen molar-refractivity contribution in [2.24, 2.45) is 11.8 Å². The van der Waals surface area contributed by atoms with E-state index in [1.807, 2.05) is 0 Å². The topological polar surface area (TPSA) is 71.1 Å². The Kier molecular flexibility index (Phi) is 19.5. The summed E-state index contributed by atoms with van der Waals surface area (Å²) in [4.78, 5) is 24.3. The van der Waals surface area contributed by atoms with Gasteiger partial charge in [-0.2, -0.15) is 0 Å². The molecule has 36 heavy (non-hydrogen) atoms. The molecule has 0 aromatic heterocycles. The largest absolute Gasteiger partial charge is 0.508 e. The predicted octanol–water partition coefficient (Wildman–Crippen LogP) is 9.38. The van der Waals surface area contributed by atoms with Crippen LogP contribution in [0.2, 0.25) is 0 Å². The van der Waals surface area contributed by atoms with Gasteiger partial charge in [-0.25, -0.2) is 9.59 Å². The molecule has 0 N–H and O–H groups in total. The van der Waals surface area contributed by atoms with E-state index in [2.05, 4.69) is 27.7 Å². The lowest BCUT2D eigenvalue weighted by atomic mass is 9.95. The van der Waals surface area contributed by atoms with Crippen molar-refractivity contribution in [3.63, 3.8) is 0 Å². The molecule has 0 aliphatic heterocycles. The van der Waals surface area contributed by atoms with Crippen LogP contribution in [0.15, 0.2) is 0 Å². The molecule has 1 aliphatic rings. The van der Waals surface area contributed by atoms with Crippen LogP contribution in [-0.2, 0) is 18.9 Å². The monoisotopic (exact) mass is 512 g/mol. The molecule has 6 heteroatoms. The molecular weight excluding hydrogens is 456 g/mol. The molecule has 0 aromatic carbocycles. The predicted molar refractivity (Wildman–Crippen MR) is 145 cm³/mol. The molecule has 212 valence electrons. The van der Waals surface area contributed by atoms with Crippen molar-refractivity contribution in [1.82, 2.24) is 0 Å². The van der Waals surface area contributed by atoms with Gasteiger partial charge >= 0.3 is 12.3 Å². The van der Waals surface area contributed by atoms with Crippen LogP contribution in [0.4, 0.5) is 9.59 Å². The second-order valence-electron chi connectivity index (χ2n) is 11.1. The van der Waals surface area contributed by atoms with E-state index in [9.17, 15) is 9.59 Å². The lowest BCUT2D eigenvalue weighted by molar-refractivity contribution is -0.0375. The van der Waals surface area contributed by atoms with E-state index in [1.54, 1.807) is 0 Å². The first-order valence-electron chi connectivity index (χ1n) is 15.1. The fraction of sp³-hybridized carbons (Fsp3) is 0.933. The highest BCUT2D eigenvalue weighted by molar-refractivity contribution is 5.60. The third-order valence-corrected chi connectivity index (χ3v) is 7.10. The van der Waals surface area contributed by atoms with Crippen LogP contribution in [0.1, 0.15) is 143 Å². The van der Waals surface area contributed by atoms with Gasteiger partial charge in [-0.1, -0.05) is 98.3 Å². The Morgan fingerprint density at radius 2 is 1.28 bits per heavy atom. The number of ether oxygens (including phenoxy) is 4. The minimum absolute atomic E-state index is 0.267. The highest BCUT2D eigenvalue weighted by Crippen LogP contribution is 2.25. The van der Waals surface area contributed by atoms with Gasteiger partial charge in [0, 0.05) is 6.42 Å². The molecule has 0 amide bonds. The summed E-state index contributed by atoms with van der Waals surface area (Å²) in [6.07, 6.45) is 17.7. The van der Waals surface area contributed by atoms with Crippen molar-refractivity contribution >= 4 is 12.3 Å². The van der Waals surface area contributed by atoms with Gasteiger partial charge in [0.1, 0.15) is 12.2 Å². The first-order valence-corrected chi connectivity index (χ1v) is 15.1. The van der Waals surface area contributed by atoms with Crippen molar-refractivity contribution in [3.8, 4) is 0 Å². The van der Waals surface area contributed by atoms with Gasteiger partial charge in [0.15, 0.2) is 0 Å². The van der Waals surface area contributed by atoms with E-state index in [0.29, 0.717) is 25.6 Å². The molecule has 1 aliphatic carbocycles. The van der Waals surface area contributed by atoms with E-state index < -0.39 is 12.3 Å². The Morgan fingerprint density at radius 1 is 0.694 bits per heavy atom. The average Bonchev–Trinajstić information content (AvgIpc) is 2.84. The Labute approximate surface area is 221 Å². The molecule has 3 atom stereocenters. The Morgan fingerprint density at radius 3 is 1.89 bits per heavy atom. The quantitative estimate of drug-likeness (QED) is 0.119. The standard InChI is InChI=1S/C30H56O6/c1-5-7-13-19-26(17-6-2)24-34-30(32)36-28-21-16-20-27(23-28)35-29(31)33-22-15-12-10-8-9-11-14-18-25(3)4/h25-28H,5-24H2,1-4H3. The zero-order valence-electron chi connectivity index (χ0n) is 23.9. The van der Waals surface area contributed by atoms with E-state index >= 15 is 0 Å². The van der Waals surface area contributed by atoms with Crippen molar-refractivity contribution < 1.29 is 28.5 Å². The lowest BCUT2D eigenvalue weighted by Gasteiger charge is -2.28. The van der Waals surface area contributed by atoms with E-state index in [-0.39, 0.29) is 12.2 Å². The summed E-state index contributed by atoms with van der Waals surface area (Å²) in [6.45, 7) is 9.75. The van der Waals surface area contributed by atoms with Crippen LogP contribution in [0.5, 0.6) is 0 Å². The third-order valence-electron chi connectivity index (χ3n) is 7.10. The Balaban J connectivity index is 2.13. The SMILES string of the molecule is CCCCCC(CCC)COC(=O)OC1CCCC(OC(=O)OCCCCCCCCCC(C)C)C1. The van der Waals surface area contributed by atoms with Gasteiger partial charge in [0.25, 0.3) is 0 Å². The first-order chi connectivity index (χ1) is 17.4. The first kappa shape index (κ1) is 32.6. The van der Waals surface area contributed by atoms with Crippen molar-refractivity contribution in [1.29, 1.82) is 0 Å². The van der Waals surface area contributed by atoms with Crippen LogP contribution < -0.4 is 0 Å². The van der Waals surface area contributed by atoms with Crippen LogP contribution in [0, 0.1) is 11.8 Å². The zero-order chi connectivity index (χ0) is 26.4. The van der Waals surface area contributed by atoms with E-state index in [1.165, 1.54) is 57.8 Å². The molecule has 0 heterocycles. The molecule has 0 saturated heterocycles. The van der Waals surface area contributed by atoms with Gasteiger partial charge in [-0.05, 0) is 50.4 Å². The van der Waals surface area contributed by atoms with Gasteiger partial charge in [0.2, 0.25) is 0 Å². The maximum atomic E-state index is 12.2. The zero-order valence-corrected chi connectivity index (χ0v) is 23.9.